The molecule has 0 saturated carbocycles. The number of hydrogen-bond donors (Lipinski definition) is 3. The van der Waals surface area contributed by atoms with E-state index in [9.17, 15) is 9.59 Å². The highest BCUT2D eigenvalue weighted by Gasteiger charge is 2.28. The van der Waals surface area contributed by atoms with Crippen LogP contribution in [0.15, 0.2) is 35.1 Å². The molecular formula is C19H23BrN6O3. The molecule has 2 heterocycles. The second-order valence-corrected chi connectivity index (χ2v) is 7.47. The van der Waals surface area contributed by atoms with Gasteiger partial charge in [0.25, 0.3) is 5.91 Å². The maximum absolute atomic E-state index is 12.3. The molecule has 2 aromatic rings. The number of carbonyl (C=O) groups excluding carboxylic acids is 2. The van der Waals surface area contributed by atoms with E-state index in [0.717, 1.165) is 4.47 Å². The number of amides is 1. The van der Waals surface area contributed by atoms with Crippen LogP contribution in [0.5, 0.6) is 0 Å². The molecule has 0 bridgehead atoms. The third-order valence-electron chi connectivity index (χ3n) is 4.68. The summed E-state index contributed by atoms with van der Waals surface area (Å²) in [5.74, 6) is 0.320. The van der Waals surface area contributed by atoms with Gasteiger partial charge >= 0.3 is 5.97 Å². The lowest BCUT2D eigenvalue weighted by atomic mass is 9.97. The number of hydrogen-bond acceptors (Lipinski definition) is 8. The minimum atomic E-state index is -0.313. The third-order valence-corrected chi connectivity index (χ3v) is 5.21. The summed E-state index contributed by atoms with van der Waals surface area (Å²) < 4.78 is 5.99. The Morgan fingerprint density at radius 1 is 1.24 bits per heavy atom. The molecule has 10 heteroatoms. The molecule has 0 spiro atoms. The predicted octanol–water partition coefficient (Wildman–Crippen LogP) is 2.36. The van der Waals surface area contributed by atoms with Gasteiger partial charge in [-0.25, -0.2) is 9.97 Å². The molecular weight excluding hydrogens is 440 g/mol. The quantitative estimate of drug-likeness (QED) is 0.441. The van der Waals surface area contributed by atoms with Crippen LogP contribution in [0, 0.1) is 5.92 Å². The van der Waals surface area contributed by atoms with Crippen LogP contribution in [0.25, 0.3) is 0 Å². The zero-order valence-electron chi connectivity index (χ0n) is 16.0. The first-order valence-corrected chi connectivity index (χ1v) is 10.1. The number of hydrazine groups is 1. The fraction of sp³-hybridized carbons (Fsp3) is 0.368. The number of nitrogens with zero attached hydrogens (tertiary/aromatic N) is 3. The Morgan fingerprint density at radius 2 is 1.93 bits per heavy atom. The Morgan fingerprint density at radius 3 is 2.59 bits per heavy atom. The largest absolute Gasteiger partial charge is 0.466 e. The van der Waals surface area contributed by atoms with Gasteiger partial charge in [0.05, 0.1) is 12.5 Å². The maximum atomic E-state index is 12.3. The number of piperidine rings is 1. The SMILES string of the molecule is CCOC(=O)C1CCN(c2ncnc(NNC(=O)c3ccc(Br)cc3)c2N)CC1. The molecule has 9 nitrogen and oxygen atoms in total. The van der Waals surface area contributed by atoms with Gasteiger partial charge in [-0.2, -0.15) is 0 Å². The molecule has 0 unspecified atom stereocenters. The molecule has 0 radical (unpaired) electrons. The molecule has 1 amide bonds. The Kier molecular flexibility index (Phi) is 6.86. The number of nitrogens with two attached hydrogens (primary N) is 1. The Balaban J connectivity index is 1.62. The minimum absolute atomic E-state index is 0.0999. The van der Waals surface area contributed by atoms with E-state index in [1.807, 2.05) is 4.90 Å². The second kappa shape index (κ2) is 9.55. The summed E-state index contributed by atoms with van der Waals surface area (Å²) in [6, 6.07) is 6.96. The average molecular weight is 463 g/mol. The molecule has 1 aliphatic heterocycles. The highest BCUT2D eigenvalue weighted by atomic mass is 79.9. The zero-order valence-corrected chi connectivity index (χ0v) is 17.6. The first-order valence-electron chi connectivity index (χ1n) is 9.33. The van der Waals surface area contributed by atoms with Gasteiger partial charge < -0.3 is 15.4 Å². The lowest BCUT2D eigenvalue weighted by Crippen LogP contribution is -2.38. The van der Waals surface area contributed by atoms with Crippen molar-refractivity contribution in [2.45, 2.75) is 19.8 Å². The number of nitrogen functional groups attached to an aromatic ring is 1. The Bertz CT molecular complexity index is 869. The first kappa shape index (κ1) is 20.8. The molecule has 1 aromatic carbocycles. The normalized spacial score (nSPS) is 14.3. The van der Waals surface area contributed by atoms with Crippen molar-refractivity contribution < 1.29 is 14.3 Å². The van der Waals surface area contributed by atoms with Crippen LogP contribution >= 0.6 is 15.9 Å². The van der Waals surface area contributed by atoms with Gasteiger partial charge in [0, 0.05) is 23.1 Å². The molecule has 0 aliphatic carbocycles. The molecule has 1 saturated heterocycles. The van der Waals surface area contributed by atoms with Crippen molar-refractivity contribution in [3.05, 3.63) is 40.6 Å². The van der Waals surface area contributed by atoms with Gasteiger partial charge in [0.15, 0.2) is 11.6 Å². The number of benzene rings is 1. The molecule has 1 aromatic heterocycles. The number of carbonyl (C=O) groups is 2. The molecule has 4 N–H and O–H groups in total. The van der Waals surface area contributed by atoms with Crippen molar-refractivity contribution >= 4 is 45.1 Å². The standard InChI is InChI=1S/C19H23BrN6O3/c1-2-29-19(28)13-7-9-26(10-8-13)17-15(21)16(22-11-23-17)24-25-18(27)12-3-5-14(20)6-4-12/h3-6,11,13H,2,7-10,21H2,1H3,(H,25,27)(H,22,23,24). The van der Waals surface area contributed by atoms with Gasteiger partial charge in [-0.3, -0.25) is 20.4 Å². The highest BCUT2D eigenvalue weighted by molar-refractivity contribution is 9.10. The van der Waals surface area contributed by atoms with Crippen LogP contribution in [-0.4, -0.2) is 41.5 Å². The molecule has 29 heavy (non-hydrogen) atoms. The summed E-state index contributed by atoms with van der Waals surface area (Å²) in [7, 11) is 0. The zero-order chi connectivity index (χ0) is 20.8. The van der Waals surface area contributed by atoms with Crippen molar-refractivity contribution in [3.8, 4) is 0 Å². The lowest BCUT2D eigenvalue weighted by molar-refractivity contribution is -0.148. The van der Waals surface area contributed by atoms with Gasteiger partial charge in [-0.1, -0.05) is 15.9 Å². The molecule has 0 atom stereocenters. The van der Waals surface area contributed by atoms with E-state index in [1.54, 1.807) is 31.2 Å². The predicted molar refractivity (Wildman–Crippen MR) is 113 cm³/mol. The number of aromatic nitrogens is 2. The van der Waals surface area contributed by atoms with E-state index in [-0.39, 0.29) is 17.8 Å². The molecule has 1 aliphatic rings. The summed E-state index contributed by atoms with van der Waals surface area (Å²) in [5, 5.41) is 0. The summed E-state index contributed by atoms with van der Waals surface area (Å²) in [6.07, 6.45) is 2.73. The number of halogens is 1. The van der Waals surface area contributed by atoms with Crippen molar-refractivity contribution in [1.29, 1.82) is 0 Å². The summed E-state index contributed by atoms with van der Waals surface area (Å²) in [4.78, 5) is 34.6. The highest BCUT2D eigenvalue weighted by Crippen LogP contribution is 2.29. The number of esters is 1. The smallest absolute Gasteiger partial charge is 0.309 e. The summed E-state index contributed by atoms with van der Waals surface area (Å²) in [5.41, 5.74) is 12.4. The van der Waals surface area contributed by atoms with Gasteiger partial charge in [-0.05, 0) is 44.0 Å². The lowest BCUT2D eigenvalue weighted by Gasteiger charge is -2.32. The minimum Gasteiger partial charge on any atom is -0.466 e. The maximum Gasteiger partial charge on any atom is 0.309 e. The van der Waals surface area contributed by atoms with Gasteiger partial charge in [0.1, 0.15) is 12.0 Å². The summed E-state index contributed by atoms with van der Waals surface area (Å²) >= 11 is 3.33. The van der Waals surface area contributed by atoms with E-state index in [1.165, 1.54) is 6.33 Å². The van der Waals surface area contributed by atoms with Crippen LogP contribution in [0.4, 0.5) is 17.3 Å². The van der Waals surface area contributed by atoms with Crippen molar-refractivity contribution in [3.63, 3.8) is 0 Å². The topological polar surface area (TPSA) is 122 Å². The van der Waals surface area contributed by atoms with E-state index < -0.39 is 0 Å². The Labute approximate surface area is 177 Å². The van der Waals surface area contributed by atoms with Gasteiger partial charge in [-0.15, -0.1) is 0 Å². The van der Waals surface area contributed by atoms with Crippen LogP contribution in [0.2, 0.25) is 0 Å². The number of anilines is 3. The number of rotatable bonds is 6. The fourth-order valence-electron chi connectivity index (χ4n) is 3.11. The van der Waals surface area contributed by atoms with Gasteiger partial charge in [0.2, 0.25) is 0 Å². The van der Waals surface area contributed by atoms with E-state index >= 15 is 0 Å². The first-order chi connectivity index (χ1) is 14.0. The van der Waals surface area contributed by atoms with Crippen LogP contribution in [-0.2, 0) is 9.53 Å². The monoisotopic (exact) mass is 462 g/mol. The van der Waals surface area contributed by atoms with E-state index in [0.29, 0.717) is 55.4 Å². The van der Waals surface area contributed by atoms with Crippen molar-refractivity contribution in [2.75, 3.05) is 35.8 Å². The number of ether oxygens (including phenoxy) is 1. The third kappa shape index (κ3) is 5.14. The van der Waals surface area contributed by atoms with Crippen molar-refractivity contribution in [2.24, 2.45) is 5.92 Å². The van der Waals surface area contributed by atoms with Crippen LogP contribution in [0.3, 0.4) is 0 Å². The average Bonchev–Trinajstić information content (AvgIpc) is 2.73. The van der Waals surface area contributed by atoms with E-state index in [4.69, 9.17) is 10.5 Å². The molecule has 1 fully saturated rings. The molecule has 154 valence electrons. The van der Waals surface area contributed by atoms with Crippen molar-refractivity contribution in [1.82, 2.24) is 15.4 Å². The second-order valence-electron chi connectivity index (χ2n) is 6.56. The van der Waals surface area contributed by atoms with E-state index in [2.05, 4.69) is 36.7 Å². The van der Waals surface area contributed by atoms with Crippen LogP contribution in [0.1, 0.15) is 30.1 Å². The van der Waals surface area contributed by atoms with Crippen LogP contribution < -0.4 is 21.5 Å². The molecule has 3 rings (SSSR count). The summed E-state index contributed by atoms with van der Waals surface area (Å²) in [6.45, 7) is 3.46. The number of nitrogens with one attached hydrogen (secondary N) is 2. The Hall–Kier alpha value is -2.88. The fourth-order valence-corrected chi connectivity index (χ4v) is 3.38.